The fourth-order valence-corrected chi connectivity index (χ4v) is 2.72. The summed E-state index contributed by atoms with van der Waals surface area (Å²) in [5.74, 6) is -0.295. The second-order valence-corrected chi connectivity index (χ2v) is 6.16. The SMILES string of the molecule is COc1cc(CNC(=O)c2cc(-c3cccc(Cl)c3)n[nH]2)ccc1OC(F)F. The van der Waals surface area contributed by atoms with E-state index in [2.05, 4.69) is 20.3 Å². The quantitative estimate of drug-likeness (QED) is 0.613. The normalized spacial score (nSPS) is 10.8. The van der Waals surface area contributed by atoms with Crippen LogP contribution in [-0.4, -0.2) is 29.8 Å². The molecule has 2 N–H and O–H groups in total. The van der Waals surface area contributed by atoms with E-state index in [9.17, 15) is 13.6 Å². The average Bonchev–Trinajstić information content (AvgIpc) is 3.17. The summed E-state index contributed by atoms with van der Waals surface area (Å²) in [6.45, 7) is -2.79. The number of carbonyl (C=O) groups is 1. The first-order valence-electron chi connectivity index (χ1n) is 8.17. The van der Waals surface area contributed by atoms with Crippen molar-refractivity contribution in [3.63, 3.8) is 0 Å². The first kappa shape index (κ1) is 19.6. The molecule has 1 amide bonds. The Morgan fingerprint density at radius 3 is 2.75 bits per heavy atom. The molecule has 3 rings (SSSR count). The van der Waals surface area contributed by atoms with Crippen LogP contribution in [0.2, 0.25) is 5.02 Å². The molecule has 0 radical (unpaired) electrons. The van der Waals surface area contributed by atoms with Crippen molar-refractivity contribution in [3.05, 3.63) is 64.8 Å². The lowest BCUT2D eigenvalue weighted by molar-refractivity contribution is -0.0512. The molecule has 0 aliphatic rings. The maximum Gasteiger partial charge on any atom is 0.387 e. The molecule has 0 spiro atoms. The summed E-state index contributed by atoms with van der Waals surface area (Å²) in [6, 6.07) is 13.2. The summed E-state index contributed by atoms with van der Waals surface area (Å²) in [4.78, 5) is 12.3. The number of benzene rings is 2. The van der Waals surface area contributed by atoms with E-state index in [1.54, 1.807) is 30.3 Å². The van der Waals surface area contributed by atoms with E-state index in [-0.39, 0.29) is 29.6 Å². The summed E-state index contributed by atoms with van der Waals surface area (Å²) in [7, 11) is 1.35. The van der Waals surface area contributed by atoms with Gasteiger partial charge in [0.2, 0.25) is 0 Å². The summed E-state index contributed by atoms with van der Waals surface area (Å²) in [5, 5.41) is 10.1. The zero-order valence-electron chi connectivity index (χ0n) is 14.7. The molecular formula is C19H16ClF2N3O3. The number of nitrogens with one attached hydrogen (secondary N) is 2. The average molecular weight is 408 g/mol. The van der Waals surface area contributed by atoms with E-state index in [1.165, 1.54) is 19.2 Å². The van der Waals surface area contributed by atoms with Gasteiger partial charge in [-0.2, -0.15) is 13.9 Å². The van der Waals surface area contributed by atoms with E-state index >= 15 is 0 Å². The van der Waals surface area contributed by atoms with Crippen molar-refractivity contribution in [1.29, 1.82) is 0 Å². The fourth-order valence-electron chi connectivity index (χ4n) is 2.53. The van der Waals surface area contributed by atoms with E-state index in [4.69, 9.17) is 16.3 Å². The number of hydrogen-bond acceptors (Lipinski definition) is 4. The lowest BCUT2D eigenvalue weighted by Gasteiger charge is -2.11. The molecule has 0 aliphatic heterocycles. The number of rotatable bonds is 7. The molecule has 2 aromatic carbocycles. The summed E-state index contributed by atoms with van der Waals surface area (Å²) < 4.78 is 34.2. The Labute approximate surface area is 164 Å². The van der Waals surface area contributed by atoms with Crippen molar-refractivity contribution >= 4 is 17.5 Å². The molecule has 6 nitrogen and oxygen atoms in total. The van der Waals surface area contributed by atoms with Gasteiger partial charge in [-0.05, 0) is 35.9 Å². The maximum atomic E-state index is 12.4. The van der Waals surface area contributed by atoms with E-state index in [0.717, 1.165) is 5.56 Å². The topological polar surface area (TPSA) is 76.2 Å². The Kier molecular flexibility index (Phi) is 6.10. The molecule has 28 heavy (non-hydrogen) atoms. The summed E-state index contributed by atoms with van der Waals surface area (Å²) >= 11 is 5.97. The van der Waals surface area contributed by atoms with Gasteiger partial charge in [0.15, 0.2) is 11.5 Å². The molecule has 0 atom stereocenters. The van der Waals surface area contributed by atoms with Crippen LogP contribution in [0.15, 0.2) is 48.5 Å². The number of methoxy groups -OCH3 is 1. The standard InChI is InChI=1S/C19H16ClF2N3O3/c1-27-17-7-11(5-6-16(17)28-19(21)22)10-23-18(26)15-9-14(24-25-15)12-3-2-4-13(20)8-12/h2-9,19H,10H2,1H3,(H,23,26)(H,24,25). The molecule has 146 valence electrons. The maximum absolute atomic E-state index is 12.4. The van der Waals surface area contributed by atoms with Crippen molar-refractivity contribution in [2.24, 2.45) is 0 Å². The number of ether oxygens (including phenoxy) is 2. The van der Waals surface area contributed by atoms with Gasteiger partial charge in [-0.3, -0.25) is 9.89 Å². The van der Waals surface area contributed by atoms with Crippen molar-refractivity contribution in [1.82, 2.24) is 15.5 Å². The van der Waals surface area contributed by atoms with Gasteiger partial charge < -0.3 is 14.8 Å². The van der Waals surface area contributed by atoms with Gasteiger partial charge in [-0.15, -0.1) is 0 Å². The van der Waals surface area contributed by atoms with Gasteiger partial charge in [0.1, 0.15) is 5.69 Å². The highest BCUT2D eigenvalue weighted by Crippen LogP contribution is 2.29. The Hall–Kier alpha value is -3.13. The van der Waals surface area contributed by atoms with Crippen LogP contribution in [0.4, 0.5) is 8.78 Å². The van der Waals surface area contributed by atoms with Gasteiger partial charge in [-0.1, -0.05) is 29.8 Å². The number of aromatic amines is 1. The zero-order valence-corrected chi connectivity index (χ0v) is 15.5. The predicted octanol–water partition coefficient (Wildman–Crippen LogP) is 4.27. The molecule has 0 bridgehead atoms. The third-order valence-electron chi connectivity index (χ3n) is 3.84. The highest BCUT2D eigenvalue weighted by molar-refractivity contribution is 6.30. The van der Waals surface area contributed by atoms with Crippen LogP contribution in [0.25, 0.3) is 11.3 Å². The largest absolute Gasteiger partial charge is 0.493 e. The molecule has 3 aromatic rings. The number of amides is 1. The second-order valence-electron chi connectivity index (χ2n) is 5.72. The van der Waals surface area contributed by atoms with Crippen molar-refractivity contribution in [2.75, 3.05) is 7.11 Å². The first-order valence-corrected chi connectivity index (χ1v) is 8.55. The van der Waals surface area contributed by atoms with Crippen LogP contribution in [-0.2, 0) is 6.54 Å². The Morgan fingerprint density at radius 1 is 1.21 bits per heavy atom. The minimum atomic E-state index is -2.95. The van der Waals surface area contributed by atoms with Gasteiger partial charge in [0, 0.05) is 17.1 Å². The van der Waals surface area contributed by atoms with Crippen LogP contribution < -0.4 is 14.8 Å². The summed E-state index contributed by atoms with van der Waals surface area (Å²) in [6.07, 6.45) is 0. The third-order valence-corrected chi connectivity index (χ3v) is 4.08. The van der Waals surface area contributed by atoms with Crippen molar-refractivity contribution in [3.8, 4) is 22.8 Å². The smallest absolute Gasteiger partial charge is 0.387 e. The van der Waals surface area contributed by atoms with Crippen LogP contribution in [0, 0.1) is 0 Å². The molecule has 0 fully saturated rings. The lowest BCUT2D eigenvalue weighted by atomic mass is 10.1. The number of alkyl halides is 2. The van der Waals surface area contributed by atoms with Crippen molar-refractivity contribution in [2.45, 2.75) is 13.2 Å². The van der Waals surface area contributed by atoms with Crippen LogP contribution >= 0.6 is 11.6 Å². The molecule has 1 heterocycles. The van der Waals surface area contributed by atoms with Gasteiger partial charge >= 0.3 is 6.61 Å². The third kappa shape index (κ3) is 4.77. The van der Waals surface area contributed by atoms with E-state index in [1.807, 2.05) is 6.07 Å². The second kappa shape index (κ2) is 8.71. The predicted molar refractivity (Wildman–Crippen MR) is 99.8 cm³/mol. The van der Waals surface area contributed by atoms with E-state index in [0.29, 0.717) is 16.3 Å². The number of hydrogen-bond donors (Lipinski definition) is 2. The monoisotopic (exact) mass is 407 g/mol. The number of H-pyrrole nitrogens is 1. The number of nitrogens with zero attached hydrogens (tertiary/aromatic N) is 1. The molecule has 0 saturated carbocycles. The molecular weight excluding hydrogens is 392 g/mol. The van der Waals surface area contributed by atoms with E-state index < -0.39 is 6.61 Å². The summed E-state index contributed by atoms with van der Waals surface area (Å²) in [5.41, 5.74) is 2.30. The molecule has 9 heteroatoms. The fraction of sp³-hybridized carbons (Fsp3) is 0.158. The molecule has 0 aliphatic carbocycles. The molecule has 1 aromatic heterocycles. The van der Waals surface area contributed by atoms with Gasteiger partial charge in [0.05, 0.1) is 12.8 Å². The Balaban J connectivity index is 1.66. The minimum absolute atomic E-state index is 0.0766. The zero-order chi connectivity index (χ0) is 20.1. The Morgan fingerprint density at radius 2 is 2.04 bits per heavy atom. The number of halogens is 3. The number of aromatic nitrogens is 2. The number of carbonyl (C=O) groups excluding carboxylic acids is 1. The first-order chi connectivity index (χ1) is 13.5. The van der Waals surface area contributed by atoms with Crippen LogP contribution in [0.5, 0.6) is 11.5 Å². The highest BCUT2D eigenvalue weighted by Gasteiger charge is 2.13. The van der Waals surface area contributed by atoms with Crippen LogP contribution in [0.3, 0.4) is 0 Å². The Bertz CT molecular complexity index is 979. The molecule has 0 saturated heterocycles. The van der Waals surface area contributed by atoms with Crippen molar-refractivity contribution < 1.29 is 23.0 Å². The minimum Gasteiger partial charge on any atom is -0.493 e. The van der Waals surface area contributed by atoms with Gasteiger partial charge in [-0.25, -0.2) is 0 Å². The van der Waals surface area contributed by atoms with Crippen LogP contribution in [0.1, 0.15) is 16.1 Å². The van der Waals surface area contributed by atoms with Gasteiger partial charge in [0.25, 0.3) is 5.91 Å². The highest BCUT2D eigenvalue weighted by atomic mass is 35.5. The lowest BCUT2D eigenvalue weighted by Crippen LogP contribution is -2.23. The molecule has 0 unspecified atom stereocenters.